The smallest absolute Gasteiger partial charge is 0.258 e. The first-order chi connectivity index (χ1) is 9.38. The summed E-state index contributed by atoms with van der Waals surface area (Å²) in [5.41, 5.74) is 6.33. The van der Waals surface area contributed by atoms with Crippen molar-refractivity contribution in [1.29, 1.82) is 0 Å². The zero-order valence-electron chi connectivity index (χ0n) is 12.8. The number of amides is 1. The second kappa shape index (κ2) is 7.44. The molecule has 7 heteroatoms. The van der Waals surface area contributed by atoms with Gasteiger partial charge in [-0.2, -0.15) is 4.37 Å². The summed E-state index contributed by atoms with van der Waals surface area (Å²) in [4.78, 5) is 14.4. The van der Waals surface area contributed by atoms with Crippen LogP contribution in [-0.4, -0.2) is 42.6 Å². The number of aromatic nitrogens is 1. The lowest BCUT2D eigenvalue weighted by atomic mass is 10.2. The highest BCUT2D eigenvalue weighted by molar-refractivity contribution is 7.11. The topological polar surface area (TPSA) is 80.5 Å². The molecule has 1 aromatic rings. The van der Waals surface area contributed by atoms with E-state index >= 15 is 0 Å². The molecule has 0 radical (unpaired) electrons. The van der Waals surface area contributed by atoms with Crippen LogP contribution in [0.1, 0.15) is 38.1 Å². The second-order valence-electron chi connectivity index (χ2n) is 5.16. The lowest BCUT2D eigenvalue weighted by Crippen LogP contribution is -2.36. The van der Waals surface area contributed by atoms with Gasteiger partial charge in [-0.25, -0.2) is 0 Å². The minimum absolute atomic E-state index is 0.0566. The third-order valence-corrected chi connectivity index (χ3v) is 3.67. The lowest BCUT2D eigenvalue weighted by molar-refractivity contribution is 0.0944. The third-order valence-electron chi connectivity index (χ3n) is 2.77. The van der Waals surface area contributed by atoms with Crippen LogP contribution >= 0.6 is 11.5 Å². The highest BCUT2D eigenvalue weighted by Gasteiger charge is 2.25. The van der Waals surface area contributed by atoms with E-state index in [1.807, 2.05) is 13.8 Å². The van der Waals surface area contributed by atoms with Crippen LogP contribution in [0.25, 0.3) is 0 Å². The molecule has 1 aromatic heterocycles. The number of ether oxygens (including phenoxy) is 1. The molecule has 0 fully saturated rings. The number of hydrogen-bond donors (Lipinski definition) is 2. The van der Waals surface area contributed by atoms with Gasteiger partial charge in [0.15, 0.2) is 5.82 Å². The molecule has 0 atom stereocenters. The number of nitrogens with two attached hydrogens (primary N) is 1. The van der Waals surface area contributed by atoms with Crippen molar-refractivity contribution < 1.29 is 9.53 Å². The van der Waals surface area contributed by atoms with Gasteiger partial charge >= 0.3 is 0 Å². The Labute approximate surface area is 124 Å². The molecule has 0 aliphatic carbocycles. The molecule has 3 N–H and O–H groups in total. The van der Waals surface area contributed by atoms with Gasteiger partial charge in [0.05, 0.1) is 6.61 Å². The molecule has 0 bridgehead atoms. The van der Waals surface area contributed by atoms with Gasteiger partial charge in [0, 0.05) is 25.7 Å². The summed E-state index contributed by atoms with van der Waals surface area (Å²) in [7, 11) is 1.66. The van der Waals surface area contributed by atoms with E-state index in [1.165, 1.54) is 11.5 Å². The molecule has 0 saturated carbocycles. The summed E-state index contributed by atoms with van der Waals surface area (Å²) in [5.74, 6) is 0.107. The maximum Gasteiger partial charge on any atom is 0.258 e. The van der Waals surface area contributed by atoms with E-state index in [0.717, 1.165) is 5.00 Å². The summed E-state index contributed by atoms with van der Waals surface area (Å²) in [5, 5.41) is 3.66. The molecule has 0 aromatic carbocycles. The average molecular weight is 300 g/mol. The average Bonchev–Trinajstić information content (AvgIpc) is 2.70. The number of nitrogen functional groups attached to an aromatic ring is 1. The molecule has 1 amide bonds. The summed E-state index contributed by atoms with van der Waals surface area (Å²) >= 11 is 1.25. The van der Waals surface area contributed by atoms with Crippen LogP contribution in [0, 0.1) is 0 Å². The SMILES string of the molecule is COCCN(c1snc(N)c1C(=O)NC(C)C)C(C)C. The number of methoxy groups -OCH3 is 1. The Balaban J connectivity index is 3.07. The molecule has 0 unspecified atom stereocenters. The number of rotatable bonds is 7. The van der Waals surface area contributed by atoms with E-state index in [4.69, 9.17) is 10.5 Å². The number of anilines is 2. The predicted octanol–water partition coefficient (Wildman–Crippen LogP) is 1.72. The number of carbonyl (C=O) groups is 1. The van der Waals surface area contributed by atoms with Gasteiger partial charge in [-0.15, -0.1) is 0 Å². The van der Waals surface area contributed by atoms with Crippen molar-refractivity contribution in [3.63, 3.8) is 0 Å². The predicted molar refractivity (Wildman–Crippen MR) is 83.5 cm³/mol. The first kappa shape index (κ1) is 16.7. The lowest BCUT2D eigenvalue weighted by Gasteiger charge is -2.27. The minimum atomic E-state index is -0.177. The number of hydrogen-bond acceptors (Lipinski definition) is 6. The van der Waals surface area contributed by atoms with Gasteiger partial charge in [-0.3, -0.25) is 4.79 Å². The largest absolute Gasteiger partial charge is 0.383 e. The molecule has 0 spiro atoms. The number of nitrogens with one attached hydrogen (secondary N) is 1. The molecule has 1 rings (SSSR count). The molecular formula is C13H24N4O2S. The van der Waals surface area contributed by atoms with Crippen molar-refractivity contribution in [3.05, 3.63) is 5.56 Å². The van der Waals surface area contributed by atoms with E-state index in [0.29, 0.717) is 18.7 Å². The first-order valence-corrected chi connectivity index (χ1v) is 7.47. The van der Waals surface area contributed by atoms with Crippen LogP contribution in [0.15, 0.2) is 0 Å². The van der Waals surface area contributed by atoms with Crippen LogP contribution in [-0.2, 0) is 4.74 Å². The molecule has 0 saturated heterocycles. The molecule has 6 nitrogen and oxygen atoms in total. The second-order valence-corrected chi connectivity index (χ2v) is 5.91. The molecule has 0 aliphatic rings. The Kier molecular flexibility index (Phi) is 6.22. The fourth-order valence-electron chi connectivity index (χ4n) is 1.82. The zero-order chi connectivity index (χ0) is 15.3. The Morgan fingerprint density at radius 2 is 2.10 bits per heavy atom. The van der Waals surface area contributed by atoms with Crippen molar-refractivity contribution >= 4 is 28.3 Å². The number of carbonyl (C=O) groups excluding carboxylic acids is 1. The highest BCUT2D eigenvalue weighted by Crippen LogP contribution is 2.31. The summed E-state index contributed by atoms with van der Waals surface area (Å²) in [6.07, 6.45) is 0. The summed E-state index contributed by atoms with van der Waals surface area (Å²) in [6, 6.07) is 0.289. The van der Waals surface area contributed by atoms with Crippen molar-refractivity contribution in [1.82, 2.24) is 9.69 Å². The molecule has 0 aliphatic heterocycles. The summed E-state index contributed by atoms with van der Waals surface area (Å²) in [6.45, 7) is 9.24. The normalized spacial score (nSPS) is 11.2. The van der Waals surface area contributed by atoms with Gasteiger partial charge in [0.2, 0.25) is 0 Å². The minimum Gasteiger partial charge on any atom is -0.383 e. The maximum absolute atomic E-state index is 12.3. The molecule has 20 heavy (non-hydrogen) atoms. The Morgan fingerprint density at radius 1 is 1.45 bits per heavy atom. The monoisotopic (exact) mass is 300 g/mol. The Morgan fingerprint density at radius 3 is 2.60 bits per heavy atom. The van der Waals surface area contributed by atoms with Crippen molar-refractivity contribution in [2.24, 2.45) is 0 Å². The van der Waals surface area contributed by atoms with Crippen LogP contribution in [0.2, 0.25) is 0 Å². The van der Waals surface area contributed by atoms with Crippen molar-refractivity contribution in [3.8, 4) is 0 Å². The van der Waals surface area contributed by atoms with Crippen LogP contribution in [0.3, 0.4) is 0 Å². The molecule has 1 heterocycles. The first-order valence-electron chi connectivity index (χ1n) is 6.70. The van der Waals surface area contributed by atoms with Crippen molar-refractivity contribution in [2.75, 3.05) is 30.9 Å². The fraction of sp³-hybridized carbons (Fsp3) is 0.692. The van der Waals surface area contributed by atoms with Crippen LogP contribution in [0.4, 0.5) is 10.8 Å². The third kappa shape index (κ3) is 4.08. The van der Waals surface area contributed by atoms with E-state index in [1.54, 1.807) is 7.11 Å². The molecular weight excluding hydrogens is 276 g/mol. The van der Waals surface area contributed by atoms with Gasteiger partial charge < -0.3 is 20.7 Å². The van der Waals surface area contributed by atoms with Crippen LogP contribution in [0.5, 0.6) is 0 Å². The maximum atomic E-state index is 12.3. The summed E-state index contributed by atoms with van der Waals surface area (Å²) < 4.78 is 9.26. The van der Waals surface area contributed by atoms with E-state index in [2.05, 4.69) is 28.4 Å². The van der Waals surface area contributed by atoms with Gasteiger partial charge in [-0.1, -0.05) is 0 Å². The highest BCUT2D eigenvalue weighted by atomic mass is 32.1. The number of nitrogens with zero attached hydrogens (tertiary/aromatic N) is 2. The molecule has 114 valence electrons. The van der Waals surface area contributed by atoms with E-state index < -0.39 is 0 Å². The van der Waals surface area contributed by atoms with Crippen LogP contribution < -0.4 is 16.0 Å². The van der Waals surface area contributed by atoms with Gasteiger partial charge in [0.25, 0.3) is 5.91 Å². The Bertz CT molecular complexity index is 446. The van der Waals surface area contributed by atoms with Gasteiger partial charge in [-0.05, 0) is 39.2 Å². The zero-order valence-corrected chi connectivity index (χ0v) is 13.6. The standard InChI is InChI=1S/C13H24N4O2S/c1-8(2)15-12(18)10-11(14)16-20-13(10)17(9(3)4)6-7-19-5/h8-9H,6-7H2,1-5H3,(H2,14,16)(H,15,18). The van der Waals surface area contributed by atoms with Crippen molar-refractivity contribution in [2.45, 2.75) is 39.8 Å². The Hall–Kier alpha value is -1.34. The fourth-order valence-corrected chi connectivity index (χ4v) is 2.79. The van der Waals surface area contributed by atoms with E-state index in [-0.39, 0.29) is 23.8 Å². The van der Waals surface area contributed by atoms with Gasteiger partial charge in [0.1, 0.15) is 10.6 Å². The van der Waals surface area contributed by atoms with E-state index in [9.17, 15) is 4.79 Å². The quantitative estimate of drug-likeness (QED) is 0.801.